The summed E-state index contributed by atoms with van der Waals surface area (Å²) < 4.78 is 0. The van der Waals surface area contributed by atoms with E-state index in [-0.39, 0.29) is 5.41 Å². The van der Waals surface area contributed by atoms with Crippen LogP contribution in [0.3, 0.4) is 0 Å². The Morgan fingerprint density at radius 2 is 1.94 bits per heavy atom. The van der Waals surface area contributed by atoms with Crippen LogP contribution in [0.5, 0.6) is 0 Å². The average molecular weight is 217 g/mol. The predicted octanol–water partition coefficient (Wildman–Crippen LogP) is 3.24. The van der Waals surface area contributed by atoms with Gasteiger partial charge in [-0.15, -0.1) is 0 Å². The molecule has 1 heteroatoms. The van der Waals surface area contributed by atoms with Crippen molar-refractivity contribution in [2.75, 3.05) is 13.6 Å². The summed E-state index contributed by atoms with van der Waals surface area (Å²) in [6.45, 7) is 7.96. The zero-order chi connectivity index (χ0) is 11.8. The van der Waals surface area contributed by atoms with Gasteiger partial charge in [-0.25, -0.2) is 0 Å². The zero-order valence-electron chi connectivity index (χ0n) is 10.9. The second-order valence-electron chi connectivity index (χ2n) is 6.14. The van der Waals surface area contributed by atoms with Crippen LogP contribution >= 0.6 is 0 Å². The molecule has 0 spiro atoms. The Hall–Kier alpha value is -0.820. The van der Waals surface area contributed by atoms with Gasteiger partial charge in [0.2, 0.25) is 0 Å². The molecule has 1 fully saturated rings. The Bertz CT molecular complexity index is 369. The minimum Gasteiger partial charge on any atom is -0.319 e. The van der Waals surface area contributed by atoms with Gasteiger partial charge in [0.1, 0.15) is 0 Å². The largest absolute Gasteiger partial charge is 0.319 e. The summed E-state index contributed by atoms with van der Waals surface area (Å²) in [5.41, 5.74) is 3.67. The lowest BCUT2D eigenvalue weighted by Gasteiger charge is -2.22. The van der Waals surface area contributed by atoms with Gasteiger partial charge in [0.15, 0.2) is 0 Å². The maximum atomic E-state index is 3.33. The summed E-state index contributed by atoms with van der Waals surface area (Å²) in [4.78, 5) is 0. The van der Waals surface area contributed by atoms with Gasteiger partial charge in [-0.1, -0.05) is 45.0 Å². The third kappa shape index (κ3) is 2.15. The fraction of sp³-hybridized carbons (Fsp3) is 0.600. The molecule has 1 saturated carbocycles. The highest BCUT2D eigenvalue weighted by atomic mass is 14.8. The van der Waals surface area contributed by atoms with Gasteiger partial charge in [-0.2, -0.15) is 0 Å². The van der Waals surface area contributed by atoms with Crippen molar-refractivity contribution in [3.05, 3.63) is 35.4 Å². The Balaban J connectivity index is 2.30. The first-order valence-electron chi connectivity index (χ1n) is 6.24. The molecule has 1 N–H and O–H groups in total. The van der Waals surface area contributed by atoms with Crippen LogP contribution in [0.15, 0.2) is 24.3 Å². The number of hydrogen-bond acceptors (Lipinski definition) is 1. The van der Waals surface area contributed by atoms with Crippen LogP contribution in [-0.4, -0.2) is 13.6 Å². The van der Waals surface area contributed by atoms with Crippen LogP contribution in [0.4, 0.5) is 0 Å². The van der Waals surface area contributed by atoms with Crippen LogP contribution < -0.4 is 5.32 Å². The van der Waals surface area contributed by atoms with Crippen LogP contribution in [0.1, 0.15) is 44.7 Å². The minimum atomic E-state index is 0.256. The summed E-state index contributed by atoms with van der Waals surface area (Å²) in [6.07, 6.45) is 2.67. The molecular formula is C15H23N. The third-order valence-electron chi connectivity index (χ3n) is 3.71. The first kappa shape index (κ1) is 11.7. The van der Waals surface area contributed by atoms with E-state index >= 15 is 0 Å². The molecule has 1 aromatic carbocycles. The van der Waals surface area contributed by atoms with Gasteiger partial charge < -0.3 is 5.32 Å². The summed E-state index contributed by atoms with van der Waals surface area (Å²) in [6, 6.07) is 9.16. The topological polar surface area (TPSA) is 12.0 Å². The van der Waals surface area contributed by atoms with E-state index < -0.39 is 0 Å². The molecule has 1 aliphatic rings. The van der Waals surface area contributed by atoms with Gasteiger partial charge in [0, 0.05) is 12.0 Å². The van der Waals surface area contributed by atoms with Crippen molar-refractivity contribution >= 4 is 0 Å². The molecular weight excluding hydrogens is 194 g/mol. The maximum absolute atomic E-state index is 3.33. The number of rotatable bonds is 3. The van der Waals surface area contributed by atoms with Crippen molar-refractivity contribution in [1.29, 1.82) is 0 Å². The SMILES string of the molecule is CNCC1(c2cccc(C(C)(C)C)c2)CC1. The molecule has 0 radical (unpaired) electrons. The van der Waals surface area contributed by atoms with E-state index in [4.69, 9.17) is 0 Å². The molecule has 0 unspecified atom stereocenters. The van der Waals surface area contributed by atoms with Crippen LogP contribution in [0, 0.1) is 0 Å². The molecule has 2 rings (SSSR count). The molecule has 0 aromatic heterocycles. The highest BCUT2D eigenvalue weighted by Crippen LogP contribution is 2.48. The lowest BCUT2D eigenvalue weighted by Crippen LogP contribution is -2.24. The summed E-state index contributed by atoms with van der Waals surface area (Å²) >= 11 is 0. The van der Waals surface area contributed by atoms with E-state index in [1.807, 2.05) is 7.05 Å². The third-order valence-corrected chi connectivity index (χ3v) is 3.71. The standard InChI is InChI=1S/C15H23N/c1-14(2,3)12-6-5-7-13(10-12)15(8-9-15)11-16-4/h5-7,10,16H,8-9,11H2,1-4H3. The molecule has 0 bridgehead atoms. The maximum Gasteiger partial charge on any atom is 0.00784 e. The molecule has 0 atom stereocenters. The summed E-state index contributed by atoms with van der Waals surface area (Å²) in [7, 11) is 2.05. The Morgan fingerprint density at radius 1 is 1.25 bits per heavy atom. The van der Waals surface area contributed by atoms with E-state index in [1.54, 1.807) is 0 Å². The lowest BCUT2D eigenvalue weighted by molar-refractivity contribution is 0.582. The Morgan fingerprint density at radius 3 is 2.44 bits per heavy atom. The Labute approximate surface area is 99.3 Å². The molecule has 1 aliphatic carbocycles. The van der Waals surface area contributed by atoms with Crippen molar-refractivity contribution in [3.63, 3.8) is 0 Å². The van der Waals surface area contributed by atoms with Gasteiger partial charge in [0.05, 0.1) is 0 Å². The highest BCUT2D eigenvalue weighted by molar-refractivity contribution is 5.37. The van der Waals surface area contributed by atoms with E-state index in [9.17, 15) is 0 Å². The predicted molar refractivity (Wildman–Crippen MR) is 70.0 cm³/mol. The second kappa shape index (κ2) is 3.89. The Kier molecular flexibility index (Phi) is 2.83. The first-order chi connectivity index (χ1) is 7.48. The van der Waals surface area contributed by atoms with Crippen LogP contribution in [0.2, 0.25) is 0 Å². The van der Waals surface area contributed by atoms with Crippen molar-refractivity contribution < 1.29 is 0 Å². The minimum absolute atomic E-state index is 0.256. The van der Waals surface area contributed by atoms with Crippen LogP contribution in [-0.2, 0) is 10.8 Å². The van der Waals surface area contributed by atoms with E-state index in [2.05, 4.69) is 50.4 Å². The molecule has 1 aromatic rings. The van der Waals surface area contributed by atoms with Gasteiger partial charge in [0.25, 0.3) is 0 Å². The quantitative estimate of drug-likeness (QED) is 0.819. The molecule has 1 nitrogen and oxygen atoms in total. The van der Waals surface area contributed by atoms with Crippen LogP contribution in [0.25, 0.3) is 0 Å². The normalized spacial score (nSPS) is 18.5. The first-order valence-corrected chi connectivity index (χ1v) is 6.24. The zero-order valence-corrected chi connectivity index (χ0v) is 10.9. The number of benzene rings is 1. The molecule has 0 amide bonds. The summed E-state index contributed by atoms with van der Waals surface area (Å²) in [5.74, 6) is 0. The van der Waals surface area contributed by atoms with Crippen molar-refractivity contribution in [2.45, 2.75) is 44.4 Å². The smallest absolute Gasteiger partial charge is 0.00784 e. The molecule has 88 valence electrons. The molecule has 0 saturated heterocycles. The van der Waals surface area contributed by atoms with Crippen molar-refractivity contribution in [2.24, 2.45) is 0 Å². The monoisotopic (exact) mass is 217 g/mol. The van der Waals surface area contributed by atoms with Crippen molar-refractivity contribution in [3.8, 4) is 0 Å². The fourth-order valence-electron chi connectivity index (χ4n) is 2.37. The van der Waals surface area contributed by atoms with Gasteiger partial charge >= 0.3 is 0 Å². The lowest BCUT2D eigenvalue weighted by atomic mass is 9.84. The number of likely N-dealkylation sites (N-methyl/N-ethyl adjacent to an activating group) is 1. The van der Waals surface area contributed by atoms with Gasteiger partial charge in [-0.3, -0.25) is 0 Å². The molecule has 0 heterocycles. The molecule has 16 heavy (non-hydrogen) atoms. The van der Waals surface area contributed by atoms with Gasteiger partial charge in [-0.05, 0) is 36.4 Å². The van der Waals surface area contributed by atoms with Crippen molar-refractivity contribution in [1.82, 2.24) is 5.32 Å². The fourth-order valence-corrected chi connectivity index (χ4v) is 2.37. The van der Waals surface area contributed by atoms with E-state index in [1.165, 1.54) is 24.0 Å². The average Bonchev–Trinajstić information content (AvgIpc) is 2.99. The number of nitrogens with one attached hydrogen (secondary N) is 1. The summed E-state index contributed by atoms with van der Waals surface area (Å²) in [5, 5.41) is 3.33. The number of hydrogen-bond donors (Lipinski definition) is 1. The molecule has 0 aliphatic heterocycles. The second-order valence-corrected chi connectivity index (χ2v) is 6.14. The highest BCUT2D eigenvalue weighted by Gasteiger charge is 2.43. The van der Waals surface area contributed by atoms with E-state index in [0.29, 0.717) is 5.41 Å². The van der Waals surface area contributed by atoms with E-state index in [0.717, 1.165) is 6.54 Å².